The van der Waals surface area contributed by atoms with Crippen molar-refractivity contribution >= 4 is 34.0 Å². The molecule has 0 fully saturated rings. The van der Waals surface area contributed by atoms with Gasteiger partial charge in [0.2, 0.25) is 0 Å². The van der Waals surface area contributed by atoms with Crippen molar-refractivity contribution in [2.75, 3.05) is 5.32 Å². The molecule has 2 N–H and O–H groups in total. The van der Waals surface area contributed by atoms with E-state index in [2.05, 4.69) is 15.8 Å². The fourth-order valence-corrected chi connectivity index (χ4v) is 2.79. The van der Waals surface area contributed by atoms with Crippen LogP contribution in [-0.4, -0.2) is 17.5 Å². The molecule has 5 heteroatoms. The minimum atomic E-state index is -0.812. The van der Waals surface area contributed by atoms with Crippen LogP contribution in [-0.2, 0) is 9.59 Å². The van der Waals surface area contributed by atoms with Gasteiger partial charge in [0.1, 0.15) is 0 Å². The zero-order chi connectivity index (χ0) is 19.4. The molecule has 0 radical (unpaired) electrons. The fraction of sp³-hybridized carbons (Fsp3) is 0.136. The Bertz CT molecular complexity index is 1050. The second kappa shape index (κ2) is 7.83. The number of fused-ring (bicyclic) bond motifs is 1. The molecule has 0 atom stereocenters. The molecule has 136 valence electrons. The number of nitrogens with one attached hydrogen (secondary N) is 2. The zero-order valence-corrected chi connectivity index (χ0v) is 15.5. The Morgan fingerprint density at radius 2 is 1.59 bits per heavy atom. The van der Waals surface area contributed by atoms with Crippen LogP contribution in [0.25, 0.3) is 10.8 Å². The zero-order valence-electron chi connectivity index (χ0n) is 15.5. The molecule has 0 saturated carbocycles. The van der Waals surface area contributed by atoms with Crippen molar-refractivity contribution in [1.29, 1.82) is 0 Å². The lowest BCUT2D eigenvalue weighted by molar-refractivity contribution is -0.136. The number of anilines is 1. The average Bonchev–Trinajstić information content (AvgIpc) is 2.68. The van der Waals surface area contributed by atoms with Crippen LogP contribution in [0, 0.1) is 13.8 Å². The summed E-state index contributed by atoms with van der Waals surface area (Å²) >= 11 is 0. The van der Waals surface area contributed by atoms with Crippen LogP contribution in [0.5, 0.6) is 0 Å². The molecule has 0 aliphatic carbocycles. The van der Waals surface area contributed by atoms with Gasteiger partial charge in [0.15, 0.2) is 0 Å². The van der Waals surface area contributed by atoms with Crippen molar-refractivity contribution in [3.8, 4) is 0 Å². The molecule has 3 aromatic rings. The normalized spacial score (nSPS) is 11.3. The molecule has 0 aliphatic rings. The van der Waals surface area contributed by atoms with E-state index in [1.807, 2.05) is 68.4 Å². The number of hydrazone groups is 1. The molecule has 5 nitrogen and oxygen atoms in total. The van der Waals surface area contributed by atoms with Crippen LogP contribution in [0.3, 0.4) is 0 Å². The first-order valence-electron chi connectivity index (χ1n) is 8.66. The van der Waals surface area contributed by atoms with E-state index >= 15 is 0 Å². The number of carbonyl (C=O) groups excluding carboxylic acids is 2. The summed E-state index contributed by atoms with van der Waals surface area (Å²) < 4.78 is 0. The number of aryl methyl sites for hydroxylation is 2. The second-order valence-electron chi connectivity index (χ2n) is 6.42. The van der Waals surface area contributed by atoms with Gasteiger partial charge >= 0.3 is 11.8 Å². The molecular formula is C22H21N3O2. The van der Waals surface area contributed by atoms with Gasteiger partial charge in [-0.25, -0.2) is 5.43 Å². The van der Waals surface area contributed by atoms with Crippen LogP contribution in [0.1, 0.15) is 23.6 Å². The maximum absolute atomic E-state index is 12.1. The lowest BCUT2D eigenvalue weighted by Crippen LogP contribution is -2.33. The Hall–Kier alpha value is -3.47. The van der Waals surface area contributed by atoms with Crippen molar-refractivity contribution in [2.24, 2.45) is 5.10 Å². The largest absolute Gasteiger partial charge is 0.329 e. The lowest BCUT2D eigenvalue weighted by atomic mass is 10.0. The summed E-state index contributed by atoms with van der Waals surface area (Å²) in [4.78, 5) is 24.1. The predicted molar refractivity (Wildman–Crippen MR) is 109 cm³/mol. The maximum atomic E-state index is 12.1. The minimum absolute atomic E-state index is 0.577. The highest BCUT2D eigenvalue weighted by atomic mass is 16.2. The summed E-state index contributed by atoms with van der Waals surface area (Å²) in [5.41, 5.74) is 6.59. The summed E-state index contributed by atoms with van der Waals surface area (Å²) in [6.45, 7) is 5.73. The van der Waals surface area contributed by atoms with Gasteiger partial charge in [-0.05, 0) is 54.8 Å². The molecule has 0 unspecified atom stereocenters. The number of hydrogen-bond acceptors (Lipinski definition) is 3. The first-order chi connectivity index (χ1) is 13.0. The SMILES string of the molecule is C/C(=N\NC(=O)C(=O)Nc1ccc(C)c(C)c1)c1cccc2ccccc12. The monoisotopic (exact) mass is 359 g/mol. The highest BCUT2D eigenvalue weighted by Gasteiger charge is 2.14. The van der Waals surface area contributed by atoms with Gasteiger partial charge in [0, 0.05) is 11.3 Å². The Balaban J connectivity index is 1.71. The van der Waals surface area contributed by atoms with E-state index in [-0.39, 0.29) is 0 Å². The van der Waals surface area contributed by atoms with E-state index in [1.165, 1.54) is 0 Å². The standard InChI is InChI=1S/C22H21N3O2/c1-14-11-12-18(13-15(14)2)23-21(26)22(27)25-24-16(3)19-10-6-8-17-7-4-5-9-20(17)19/h4-13H,1-3H3,(H,23,26)(H,25,27)/b24-16+. The third kappa shape index (κ3) is 4.20. The Kier molecular flexibility index (Phi) is 5.31. The quantitative estimate of drug-likeness (QED) is 0.422. The number of rotatable bonds is 3. The van der Waals surface area contributed by atoms with Gasteiger partial charge < -0.3 is 5.32 Å². The molecule has 0 aromatic heterocycles. The first kappa shape index (κ1) is 18.3. The lowest BCUT2D eigenvalue weighted by Gasteiger charge is -2.08. The smallest absolute Gasteiger partial charge is 0.318 e. The van der Waals surface area contributed by atoms with Crippen LogP contribution in [0.2, 0.25) is 0 Å². The Morgan fingerprint density at radius 1 is 0.852 bits per heavy atom. The third-order valence-corrected chi connectivity index (χ3v) is 4.48. The van der Waals surface area contributed by atoms with Gasteiger partial charge in [-0.1, -0.05) is 48.5 Å². The summed E-state index contributed by atoms with van der Waals surface area (Å²) in [5.74, 6) is -1.57. The third-order valence-electron chi connectivity index (χ3n) is 4.48. The van der Waals surface area contributed by atoms with E-state index in [0.717, 1.165) is 27.5 Å². The fourth-order valence-electron chi connectivity index (χ4n) is 2.79. The number of hydrogen-bond donors (Lipinski definition) is 2. The number of amides is 2. The van der Waals surface area contributed by atoms with Crippen LogP contribution in [0.15, 0.2) is 65.8 Å². The predicted octanol–water partition coefficient (Wildman–Crippen LogP) is 3.94. The molecule has 0 spiro atoms. The average molecular weight is 359 g/mol. The van der Waals surface area contributed by atoms with Gasteiger partial charge in [-0.3, -0.25) is 9.59 Å². The molecular weight excluding hydrogens is 338 g/mol. The van der Waals surface area contributed by atoms with E-state index in [9.17, 15) is 9.59 Å². The van der Waals surface area contributed by atoms with Gasteiger partial charge in [0.25, 0.3) is 0 Å². The summed E-state index contributed by atoms with van der Waals surface area (Å²) in [6.07, 6.45) is 0. The highest BCUT2D eigenvalue weighted by Crippen LogP contribution is 2.19. The van der Waals surface area contributed by atoms with Crippen molar-refractivity contribution in [3.05, 3.63) is 77.4 Å². The van der Waals surface area contributed by atoms with Crippen LogP contribution in [0.4, 0.5) is 5.69 Å². The summed E-state index contributed by atoms with van der Waals surface area (Å²) in [7, 11) is 0. The second-order valence-corrected chi connectivity index (χ2v) is 6.42. The first-order valence-corrected chi connectivity index (χ1v) is 8.66. The van der Waals surface area contributed by atoms with Crippen molar-refractivity contribution in [3.63, 3.8) is 0 Å². The van der Waals surface area contributed by atoms with E-state index in [4.69, 9.17) is 0 Å². The molecule has 0 heterocycles. The topological polar surface area (TPSA) is 70.6 Å². The maximum Gasteiger partial charge on any atom is 0.329 e. The van der Waals surface area contributed by atoms with Crippen molar-refractivity contribution in [2.45, 2.75) is 20.8 Å². The summed E-state index contributed by atoms with van der Waals surface area (Å²) in [6, 6.07) is 19.3. The Morgan fingerprint density at radius 3 is 2.37 bits per heavy atom. The van der Waals surface area contributed by atoms with E-state index in [1.54, 1.807) is 13.0 Å². The molecule has 2 amide bonds. The molecule has 0 saturated heterocycles. The molecule has 0 aliphatic heterocycles. The van der Waals surface area contributed by atoms with Gasteiger partial charge in [-0.15, -0.1) is 0 Å². The van der Waals surface area contributed by atoms with Gasteiger partial charge in [0.05, 0.1) is 5.71 Å². The summed E-state index contributed by atoms with van der Waals surface area (Å²) in [5, 5.41) is 8.80. The van der Waals surface area contributed by atoms with Crippen molar-refractivity contribution in [1.82, 2.24) is 5.43 Å². The van der Waals surface area contributed by atoms with E-state index in [0.29, 0.717) is 11.4 Å². The number of nitrogens with zero attached hydrogens (tertiary/aromatic N) is 1. The van der Waals surface area contributed by atoms with Crippen molar-refractivity contribution < 1.29 is 9.59 Å². The molecule has 27 heavy (non-hydrogen) atoms. The Labute approximate surface area is 158 Å². The van der Waals surface area contributed by atoms with Crippen LogP contribution >= 0.6 is 0 Å². The highest BCUT2D eigenvalue weighted by molar-refractivity contribution is 6.39. The molecule has 3 rings (SSSR count). The molecule has 3 aromatic carbocycles. The van der Waals surface area contributed by atoms with Crippen LogP contribution < -0.4 is 10.7 Å². The number of benzene rings is 3. The molecule has 0 bridgehead atoms. The minimum Gasteiger partial charge on any atom is -0.318 e. The van der Waals surface area contributed by atoms with E-state index < -0.39 is 11.8 Å². The van der Waals surface area contributed by atoms with Gasteiger partial charge in [-0.2, -0.15) is 5.10 Å². The number of carbonyl (C=O) groups is 2.